The largest absolute Gasteiger partial charge is 0.471 e. The molecular weight excluding hydrogens is 243 g/mol. The number of non-ortho nitro benzene ring substituents is 1. The van der Waals surface area contributed by atoms with E-state index in [1.165, 1.54) is 7.11 Å². The molecule has 94 valence electrons. The fraction of sp³-hybridized carbons (Fsp3) is 0.222. The summed E-state index contributed by atoms with van der Waals surface area (Å²) in [5, 5.41) is 10.1. The third-order valence-electron chi connectivity index (χ3n) is 1.48. The van der Waals surface area contributed by atoms with Crippen LogP contribution in [0.5, 0.6) is 0 Å². The monoisotopic (exact) mass is 251 g/mol. The lowest BCUT2D eigenvalue weighted by Crippen LogP contribution is -2.04. The van der Waals surface area contributed by atoms with Gasteiger partial charge in [0.2, 0.25) is 0 Å². The number of benzene rings is 1. The Balaban J connectivity index is 0.000000557. The second-order valence-electron chi connectivity index (χ2n) is 2.64. The smallest absolute Gasteiger partial charge is 0.416 e. The maximum Gasteiger partial charge on any atom is 0.416 e. The number of carbonyl (C=O) groups is 1. The van der Waals surface area contributed by atoms with Crippen molar-refractivity contribution in [3.05, 3.63) is 39.9 Å². The molecule has 0 N–H and O–H groups in total. The van der Waals surface area contributed by atoms with E-state index in [0.717, 1.165) is 18.2 Å². The molecule has 0 atom stereocenters. The second kappa shape index (κ2) is 6.46. The van der Waals surface area contributed by atoms with Crippen molar-refractivity contribution in [3.8, 4) is 0 Å². The topological polar surface area (TPSA) is 69.4 Å². The minimum absolute atomic E-state index is 0.375. The maximum absolute atomic E-state index is 12.0. The van der Waals surface area contributed by atoms with Gasteiger partial charge >= 0.3 is 6.18 Å². The lowest BCUT2D eigenvalue weighted by Gasteiger charge is -2.04. The van der Waals surface area contributed by atoms with Gasteiger partial charge in [0.25, 0.3) is 12.2 Å². The molecule has 0 spiro atoms. The van der Waals surface area contributed by atoms with E-state index in [4.69, 9.17) is 4.79 Å². The quantitative estimate of drug-likeness (QED) is 0.459. The van der Waals surface area contributed by atoms with Crippen molar-refractivity contribution >= 4 is 12.2 Å². The minimum atomic E-state index is -4.54. The molecule has 0 aliphatic heterocycles. The van der Waals surface area contributed by atoms with Crippen molar-refractivity contribution in [3.63, 3.8) is 0 Å². The third kappa shape index (κ3) is 5.50. The van der Waals surface area contributed by atoms with Gasteiger partial charge < -0.3 is 4.74 Å². The molecule has 0 aliphatic rings. The first-order chi connectivity index (χ1) is 7.82. The molecule has 0 bridgehead atoms. The number of rotatable bonds is 2. The number of hydrogen-bond acceptors (Lipinski definition) is 4. The van der Waals surface area contributed by atoms with Crippen LogP contribution in [0.3, 0.4) is 0 Å². The maximum atomic E-state index is 12.0. The Kier molecular flexibility index (Phi) is 5.65. The van der Waals surface area contributed by atoms with Gasteiger partial charge in [-0.25, -0.2) is 0 Å². The predicted octanol–water partition coefficient (Wildman–Crippen LogP) is 2.40. The van der Waals surface area contributed by atoms with Crippen LogP contribution in [0.25, 0.3) is 0 Å². The van der Waals surface area contributed by atoms with Crippen LogP contribution < -0.4 is 0 Å². The van der Waals surface area contributed by atoms with Crippen molar-refractivity contribution in [1.29, 1.82) is 0 Å². The van der Waals surface area contributed by atoms with Crippen LogP contribution in [0.1, 0.15) is 5.56 Å². The summed E-state index contributed by atoms with van der Waals surface area (Å²) in [6.07, 6.45) is -4.54. The molecule has 0 radical (unpaired) electrons. The first-order valence-electron chi connectivity index (χ1n) is 4.11. The third-order valence-corrected chi connectivity index (χ3v) is 1.48. The Hall–Kier alpha value is -2.12. The van der Waals surface area contributed by atoms with Crippen LogP contribution in [0.2, 0.25) is 0 Å². The van der Waals surface area contributed by atoms with Crippen molar-refractivity contribution in [1.82, 2.24) is 0 Å². The molecule has 1 rings (SSSR count). The number of methoxy groups -OCH3 is 1. The van der Waals surface area contributed by atoms with E-state index in [-0.39, 0.29) is 0 Å². The van der Waals surface area contributed by atoms with Gasteiger partial charge in [-0.05, 0) is 6.07 Å². The molecule has 0 saturated carbocycles. The van der Waals surface area contributed by atoms with E-state index < -0.39 is 22.4 Å². The Morgan fingerprint density at radius 2 is 1.94 bits per heavy atom. The zero-order valence-corrected chi connectivity index (χ0v) is 8.60. The van der Waals surface area contributed by atoms with E-state index in [1.807, 2.05) is 0 Å². The molecule has 17 heavy (non-hydrogen) atoms. The molecule has 8 heteroatoms. The molecule has 0 aliphatic carbocycles. The number of nitrogens with zero attached hydrogens (tertiary/aromatic N) is 1. The average molecular weight is 251 g/mol. The molecule has 5 nitrogen and oxygen atoms in total. The number of nitro groups is 1. The Morgan fingerprint density at radius 1 is 1.41 bits per heavy atom. The highest BCUT2D eigenvalue weighted by molar-refractivity contribution is 5.36. The van der Waals surface area contributed by atoms with Crippen LogP contribution >= 0.6 is 0 Å². The summed E-state index contributed by atoms with van der Waals surface area (Å²) in [5.74, 6) is 0. The normalized spacial score (nSPS) is 9.88. The molecule has 0 aromatic heterocycles. The Labute approximate surface area is 94.0 Å². The first-order valence-corrected chi connectivity index (χ1v) is 4.11. The summed E-state index contributed by atoms with van der Waals surface area (Å²) in [5.41, 5.74) is -1.57. The molecule has 0 unspecified atom stereocenters. The lowest BCUT2D eigenvalue weighted by molar-refractivity contribution is -0.385. The standard InChI is InChI=1S/C7H4F3NO2.C2H4O2/c8-7(9,10)5-2-1-3-6(4-5)11(12)13;1-4-2-3/h1-4H;2H,1H3. The van der Waals surface area contributed by atoms with Gasteiger partial charge in [-0.15, -0.1) is 0 Å². The second-order valence-corrected chi connectivity index (χ2v) is 2.64. The van der Waals surface area contributed by atoms with Gasteiger partial charge in [0.05, 0.1) is 17.6 Å². The molecule has 0 heterocycles. The van der Waals surface area contributed by atoms with E-state index in [1.54, 1.807) is 0 Å². The van der Waals surface area contributed by atoms with Crippen molar-refractivity contribution in [2.24, 2.45) is 0 Å². The van der Waals surface area contributed by atoms with Crippen LogP contribution in [-0.2, 0) is 15.7 Å². The Morgan fingerprint density at radius 3 is 2.29 bits per heavy atom. The SMILES string of the molecule is COC=O.O=[N+]([O-])c1cccc(C(F)(F)F)c1. The number of ether oxygens (including phenoxy) is 1. The first kappa shape index (κ1) is 14.9. The molecule has 0 saturated heterocycles. The molecular formula is C9H8F3NO4. The molecule has 1 aromatic carbocycles. The minimum Gasteiger partial charge on any atom is -0.471 e. The van der Waals surface area contributed by atoms with E-state index >= 15 is 0 Å². The number of hydrogen-bond donors (Lipinski definition) is 0. The van der Waals surface area contributed by atoms with Gasteiger partial charge in [-0.2, -0.15) is 13.2 Å². The van der Waals surface area contributed by atoms with Crippen LogP contribution in [0.15, 0.2) is 24.3 Å². The fourth-order valence-electron chi connectivity index (χ4n) is 0.796. The molecule has 0 fully saturated rings. The summed E-state index contributed by atoms with van der Waals surface area (Å²) in [4.78, 5) is 18.2. The zero-order valence-electron chi connectivity index (χ0n) is 8.60. The summed E-state index contributed by atoms with van der Waals surface area (Å²) in [6, 6.07) is 3.29. The number of halogens is 3. The van der Waals surface area contributed by atoms with Gasteiger partial charge in [-0.1, -0.05) is 6.07 Å². The number of nitro benzene ring substituents is 1. The lowest BCUT2D eigenvalue weighted by atomic mass is 10.2. The highest BCUT2D eigenvalue weighted by Crippen LogP contribution is 2.30. The van der Waals surface area contributed by atoms with Crippen molar-refractivity contribution in [2.45, 2.75) is 6.18 Å². The Bertz CT molecular complexity index is 392. The van der Waals surface area contributed by atoms with Crippen molar-refractivity contribution in [2.75, 3.05) is 7.11 Å². The van der Waals surface area contributed by atoms with E-state index in [9.17, 15) is 23.3 Å². The molecule has 0 amide bonds. The summed E-state index contributed by atoms with van der Waals surface area (Å²) in [7, 11) is 1.31. The van der Waals surface area contributed by atoms with Gasteiger partial charge in [0, 0.05) is 12.1 Å². The average Bonchev–Trinajstić information content (AvgIpc) is 2.28. The van der Waals surface area contributed by atoms with Crippen LogP contribution in [-0.4, -0.2) is 18.5 Å². The highest BCUT2D eigenvalue weighted by atomic mass is 19.4. The zero-order chi connectivity index (χ0) is 13.5. The predicted molar refractivity (Wildman–Crippen MR) is 51.2 cm³/mol. The van der Waals surface area contributed by atoms with Crippen LogP contribution in [0.4, 0.5) is 18.9 Å². The fourth-order valence-corrected chi connectivity index (χ4v) is 0.796. The van der Waals surface area contributed by atoms with Gasteiger partial charge in [0.15, 0.2) is 0 Å². The van der Waals surface area contributed by atoms with E-state index in [0.29, 0.717) is 12.5 Å². The van der Waals surface area contributed by atoms with Crippen molar-refractivity contribution < 1.29 is 27.6 Å². The van der Waals surface area contributed by atoms with E-state index in [2.05, 4.69) is 4.74 Å². The van der Waals surface area contributed by atoms with Gasteiger partial charge in [-0.3, -0.25) is 14.9 Å². The number of alkyl halides is 3. The molecule has 1 aromatic rings. The summed E-state index contributed by atoms with van der Waals surface area (Å²) >= 11 is 0. The highest BCUT2D eigenvalue weighted by Gasteiger charge is 2.31. The summed E-state index contributed by atoms with van der Waals surface area (Å²) in [6.45, 7) is 0.375. The van der Waals surface area contributed by atoms with Gasteiger partial charge in [0.1, 0.15) is 0 Å². The number of carbonyl (C=O) groups excluding carboxylic acids is 1. The van der Waals surface area contributed by atoms with Crippen LogP contribution in [0, 0.1) is 10.1 Å². The summed E-state index contributed by atoms with van der Waals surface area (Å²) < 4.78 is 39.9.